The Kier molecular flexibility index (Phi) is 6.13. The smallest absolute Gasteiger partial charge is 0.295 e. The number of aromatic nitrogens is 1. The van der Waals surface area contributed by atoms with E-state index in [0.717, 1.165) is 16.7 Å². The molecule has 2 aromatic carbocycles. The van der Waals surface area contributed by atoms with Gasteiger partial charge in [-0.3, -0.25) is 14.6 Å². The number of aryl methyl sites for hydroxylation is 1. The molecular weight excluding hydrogens is 420 g/mol. The number of aliphatic hydroxyl groups is 1. The van der Waals surface area contributed by atoms with E-state index >= 15 is 0 Å². The molecule has 0 bridgehead atoms. The number of hydrogen-bond donors (Lipinski definition) is 1. The molecule has 0 spiro atoms. The Morgan fingerprint density at radius 2 is 1.64 bits per heavy atom. The molecule has 4 rings (SSSR count). The zero-order chi connectivity index (χ0) is 23.5. The number of Topliss-reactive ketones (excluding diaryl/α,β-unsaturated/α-hetero) is 1. The van der Waals surface area contributed by atoms with Gasteiger partial charge in [-0.25, -0.2) is 0 Å². The molecule has 0 saturated carbocycles. The highest BCUT2D eigenvalue weighted by Gasteiger charge is 2.46. The fourth-order valence-corrected chi connectivity index (χ4v) is 4.13. The summed E-state index contributed by atoms with van der Waals surface area (Å²) in [5.41, 5.74) is 2.72. The summed E-state index contributed by atoms with van der Waals surface area (Å²) in [7, 11) is 2.93. The van der Waals surface area contributed by atoms with Gasteiger partial charge in [-0.1, -0.05) is 35.9 Å². The van der Waals surface area contributed by atoms with Crippen LogP contribution in [0.2, 0.25) is 0 Å². The Morgan fingerprint density at radius 3 is 2.24 bits per heavy atom. The maximum Gasteiger partial charge on any atom is 0.295 e. The van der Waals surface area contributed by atoms with Gasteiger partial charge in [-0.2, -0.15) is 0 Å². The lowest BCUT2D eigenvalue weighted by Gasteiger charge is -2.26. The molecule has 3 aromatic rings. The van der Waals surface area contributed by atoms with E-state index in [9.17, 15) is 14.7 Å². The highest BCUT2D eigenvalue weighted by molar-refractivity contribution is 6.46. The molecule has 1 fully saturated rings. The van der Waals surface area contributed by atoms with Crippen molar-refractivity contribution in [1.82, 2.24) is 9.88 Å². The van der Waals surface area contributed by atoms with Gasteiger partial charge < -0.3 is 19.5 Å². The number of carbonyl (C=O) groups excluding carboxylic acids is 2. The van der Waals surface area contributed by atoms with Crippen LogP contribution in [0, 0.1) is 6.92 Å². The van der Waals surface area contributed by atoms with Crippen molar-refractivity contribution in [2.75, 3.05) is 14.2 Å². The van der Waals surface area contributed by atoms with Crippen molar-refractivity contribution >= 4 is 17.4 Å². The number of ether oxygens (including phenoxy) is 2. The summed E-state index contributed by atoms with van der Waals surface area (Å²) in [5, 5.41) is 11.4. The van der Waals surface area contributed by atoms with Crippen molar-refractivity contribution < 1.29 is 24.2 Å². The zero-order valence-corrected chi connectivity index (χ0v) is 18.6. The summed E-state index contributed by atoms with van der Waals surface area (Å²) in [6.45, 7) is 2.12. The maximum atomic E-state index is 13.3. The minimum absolute atomic E-state index is 0.0116. The van der Waals surface area contributed by atoms with Gasteiger partial charge in [0.25, 0.3) is 11.7 Å². The fraction of sp³-hybridized carbons (Fsp3) is 0.192. The first kappa shape index (κ1) is 22.1. The number of benzene rings is 2. The van der Waals surface area contributed by atoms with Crippen molar-refractivity contribution in [3.63, 3.8) is 0 Å². The van der Waals surface area contributed by atoms with Gasteiger partial charge >= 0.3 is 0 Å². The van der Waals surface area contributed by atoms with Crippen molar-refractivity contribution in [1.29, 1.82) is 0 Å². The number of likely N-dealkylation sites (tertiary alicyclic amines) is 1. The molecule has 1 aliphatic heterocycles. The molecule has 1 aliphatic rings. The second-order valence-electron chi connectivity index (χ2n) is 7.73. The molecule has 33 heavy (non-hydrogen) atoms. The predicted octanol–water partition coefficient (Wildman–Crippen LogP) is 4.03. The van der Waals surface area contributed by atoms with Gasteiger partial charge in [0.05, 0.1) is 25.8 Å². The van der Waals surface area contributed by atoms with Crippen molar-refractivity contribution in [3.05, 3.63) is 94.8 Å². The van der Waals surface area contributed by atoms with Crippen LogP contribution in [0.3, 0.4) is 0 Å². The minimum Gasteiger partial charge on any atom is -0.506 e. The first-order chi connectivity index (χ1) is 16.0. The van der Waals surface area contributed by atoms with E-state index < -0.39 is 17.7 Å². The second kappa shape index (κ2) is 9.16. The molecular formula is C26H24N2O5. The molecule has 0 aliphatic carbocycles. The van der Waals surface area contributed by atoms with Gasteiger partial charge in [0.2, 0.25) is 0 Å². The van der Waals surface area contributed by atoms with Crippen LogP contribution in [0.5, 0.6) is 11.5 Å². The summed E-state index contributed by atoms with van der Waals surface area (Å²) < 4.78 is 10.8. The van der Waals surface area contributed by atoms with E-state index in [1.807, 2.05) is 31.2 Å². The Hall–Kier alpha value is -4.13. The average Bonchev–Trinajstić information content (AvgIpc) is 3.08. The van der Waals surface area contributed by atoms with E-state index in [2.05, 4.69) is 4.98 Å². The van der Waals surface area contributed by atoms with Crippen LogP contribution < -0.4 is 9.47 Å². The lowest BCUT2D eigenvalue weighted by Crippen LogP contribution is -2.29. The van der Waals surface area contributed by atoms with Crippen LogP contribution in [-0.4, -0.2) is 40.9 Å². The van der Waals surface area contributed by atoms with Crippen LogP contribution in [0.15, 0.2) is 72.6 Å². The van der Waals surface area contributed by atoms with E-state index in [0.29, 0.717) is 11.5 Å². The normalized spacial score (nSPS) is 17.3. The third-order valence-corrected chi connectivity index (χ3v) is 5.66. The largest absolute Gasteiger partial charge is 0.506 e. The highest BCUT2D eigenvalue weighted by atomic mass is 16.5. The third kappa shape index (κ3) is 4.05. The number of nitrogens with zero attached hydrogens (tertiary/aromatic N) is 2. The van der Waals surface area contributed by atoms with Gasteiger partial charge in [0.1, 0.15) is 22.8 Å². The van der Waals surface area contributed by atoms with Gasteiger partial charge in [-0.05, 0) is 42.3 Å². The molecule has 7 heteroatoms. The van der Waals surface area contributed by atoms with Gasteiger partial charge in [0, 0.05) is 18.9 Å². The number of rotatable bonds is 6. The average molecular weight is 444 g/mol. The quantitative estimate of drug-likeness (QED) is 0.351. The van der Waals surface area contributed by atoms with Gasteiger partial charge in [-0.15, -0.1) is 0 Å². The summed E-state index contributed by atoms with van der Waals surface area (Å²) in [4.78, 5) is 32.0. The number of pyridine rings is 1. The molecule has 1 atom stereocenters. The predicted molar refractivity (Wildman–Crippen MR) is 123 cm³/mol. The summed E-state index contributed by atoms with van der Waals surface area (Å²) in [5.74, 6) is -1.13. The first-order valence-electron chi connectivity index (χ1n) is 10.4. The van der Waals surface area contributed by atoms with E-state index in [-0.39, 0.29) is 23.4 Å². The SMILES string of the molecule is COc1cccc(OC)c1/C(O)=C1\C(=O)C(=O)N(Cc2ccncc2)C1c1cccc(C)c1. The van der Waals surface area contributed by atoms with E-state index in [1.54, 1.807) is 42.7 Å². The molecule has 168 valence electrons. The standard InChI is InChI=1S/C26H24N2O5/c1-16-6-4-7-18(14-16)23-22(24(29)21-19(32-2)8-5-9-20(21)33-3)25(30)26(31)28(23)15-17-10-12-27-13-11-17/h4-14,23,29H,15H2,1-3H3/b24-22+. The Morgan fingerprint density at radius 1 is 1.00 bits per heavy atom. The topological polar surface area (TPSA) is 89.0 Å². The Balaban J connectivity index is 1.94. The van der Waals surface area contributed by atoms with Crippen LogP contribution in [0.1, 0.15) is 28.3 Å². The fourth-order valence-electron chi connectivity index (χ4n) is 4.13. The van der Waals surface area contributed by atoms with Gasteiger partial charge in [0.15, 0.2) is 0 Å². The monoisotopic (exact) mass is 444 g/mol. The third-order valence-electron chi connectivity index (χ3n) is 5.66. The Bertz CT molecular complexity index is 1210. The first-order valence-corrected chi connectivity index (χ1v) is 10.4. The molecule has 2 heterocycles. The van der Waals surface area contributed by atoms with E-state index in [1.165, 1.54) is 19.1 Å². The number of aliphatic hydroxyl groups excluding tert-OH is 1. The van der Waals surface area contributed by atoms with Crippen LogP contribution in [-0.2, 0) is 16.1 Å². The number of ketones is 1. The van der Waals surface area contributed by atoms with Crippen molar-refractivity contribution in [2.24, 2.45) is 0 Å². The lowest BCUT2D eigenvalue weighted by molar-refractivity contribution is -0.140. The summed E-state index contributed by atoms with van der Waals surface area (Å²) in [6.07, 6.45) is 3.26. The molecule has 1 aromatic heterocycles. The van der Waals surface area contributed by atoms with Crippen LogP contribution in [0.25, 0.3) is 5.76 Å². The van der Waals surface area contributed by atoms with Crippen molar-refractivity contribution in [2.45, 2.75) is 19.5 Å². The lowest BCUT2D eigenvalue weighted by atomic mass is 9.93. The molecule has 7 nitrogen and oxygen atoms in total. The second-order valence-corrected chi connectivity index (χ2v) is 7.73. The maximum absolute atomic E-state index is 13.3. The minimum atomic E-state index is -0.785. The molecule has 0 radical (unpaired) electrons. The number of carbonyl (C=O) groups is 2. The molecule has 1 N–H and O–H groups in total. The zero-order valence-electron chi connectivity index (χ0n) is 18.6. The molecule has 1 amide bonds. The number of methoxy groups -OCH3 is 2. The Labute approximate surface area is 191 Å². The van der Waals surface area contributed by atoms with E-state index in [4.69, 9.17) is 9.47 Å². The van der Waals surface area contributed by atoms with Crippen LogP contribution in [0.4, 0.5) is 0 Å². The highest BCUT2D eigenvalue weighted by Crippen LogP contribution is 2.44. The summed E-state index contributed by atoms with van der Waals surface area (Å²) >= 11 is 0. The van der Waals surface area contributed by atoms with Crippen LogP contribution >= 0.6 is 0 Å². The molecule has 1 unspecified atom stereocenters. The van der Waals surface area contributed by atoms with Crippen molar-refractivity contribution in [3.8, 4) is 11.5 Å². The number of amides is 1. The molecule has 1 saturated heterocycles. The summed E-state index contributed by atoms with van der Waals surface area (Å²) in [6, 6.07) is 15.4. The number of hydrogen-bond acceptors (Lipinski definition) is 6.